The summed E-state index contributed by atoms with van der Waals surface area (Å²) in [6, 6.07) is 14.7. The fourth-order valence-corrected chi connectivity index (χ4v) is 1.89. The molecule has 0 bridgehead atoms. The lowest BCUT2D eigenvalue weighted by atomic mass is 10.2. The number of aromatic carboxylic acids is 1. The number of rotatable bonds is 7. The molecule has 2 aromatic carbocycles. The lowest BCUT2D eigenvalue weighted by Crippen LogP contribution is -2.02. The van der Waals surface area contributed by atoms with E-state index in [0.29, 0.717) is 6.54 Å². The van der Waals surface area contributed by atoms with Gasteiger partial charge in [-0.1, -0.05) is 25.1 Å². The third kappa shape index (κ3) is 4.53. The van der Waals surface area contributed by atoms with Crippen molar-refractivity contribution in [3.05, 3.63) is 59.7 Å². The van der Waals surface area contributed by atoms with Gasteiger partial charge in [-0.05, 0) is 42.3 Å². The summed E-state index contributed by atoms with van der Waals surface area (Å²) in [5.41, 5.74) is 2.18. The first kappa shape index (κ1) is 14.9. The molecule has 2 aromatic rings. The van der Waals surface area contributed by atoms with Crippen LogP contribution in [0.15, 0.2) is 48.5 Å². The normalized spacial score (nSPS) is 10.1. The predicted molar refractivity (Wildman–Crippen MR) is 83.0 cm³/mol. The Labute approximate surface area is 124 Å². The number of hydrogen-bond donors (Lipinski definition) is 2. The van der Waals surface area contributed by atoms with Crippen molar-refractivity contribution in [2.24, 2.45) is 0 Å². The van der Waals surface area contributed by atoms with E-state index in [2.05, 4.69) is 12.2 Å². The number of anilines is 1. The van der Waals surface area contributed by atoms with Gasteiger partial charge in [0, 0.05) is 12.2 Å². The van der Waals surface area contributed by atoms with Crippen LogP contribution in [0.2, 0.25) is 0 Å². The summed E-state index contributed by atoms with van der Waals surface area (Å²) in [5.74, 6) is -0.0513. The van der Waals surface area contributed by atoms with E-state index in [0.717, 1.165) is 30.0 Å². The van der Waals surface area contributed by atoms with Crippen molar-refractivity contribution in [3.63, 3.8) is 0 Å². The molecule has 0 heterocycles. The molecule has 2 rings (SSSR count). The largest absolute Gasteiger partial charge is 0.494 e. The molecule has 0 spiro atoms. The van der Waals surface area contributed by atoms with Crippen molar-refractivity contribution in [1.82, 2.24) is 0 Å². The average molecular weight is 285 g/mol. The molecule has 0 unspecified atom stereocenters. The zero-order valence-corrected chi connectivity index (χ0v) is 12.0. The van der Waals surface area contributed by atoms with Gasteiger partial charge in [-0.15, -0.1) is 0 Å². The summed E-state index contributed by atoms with van der Waals surface area (Å²) in [4.78, 5) is 10.9. The van der Waals surface area contributed by atoms with E-state index in [1.54, 1.807) is 18.2 Å². The summed E-state index contributed by atoms with van der Waals surface area (Å²) >= 11 is 0. The maximum Gasteiger partial charge on any atom is 0.335 e. The number of benzene rings is 2. The zero-order valence-electron chi connectivity index (χ0n) is 12.0. The molecule has 0 aliphatic carbocycles. The molecule has 0 saturated carbocycles. The molecule has 0 saturated heterocycles. The van der Waals surface area contributed by atoms with Crippen LogP contribution in [0.1, 0.15) is 29.3 Å². The van der Waals surface area contributed by atoms with Crippen LogP contribution < -0.4 is 10.1 Å². The number of ether oxygens (including phenoxy) is 1. The second kappa shape index (κ2) is 7.33. The van der Waals surface area contributed by atoms with Crippen LogP contribution in [-0.2, 0) is 6.54 Å². The lowest BCUT2D eigenvalue weighted by molar-refractivity contribution is 0.0697. The minimum atomic E-state index is -0.920. The Balaban J connectivity index is 1.93. The van der Waals surface area contributed by atoms with Crippen LogP contribution in [0.4, 0.5) is 5.69 Å². The van der Waals surface area contributed by atoms with E-state index in [-0.39, 0.29) is 5.56 Å². The molecular formula is C17H19NO3. The quantitative estimate of drug-likeness (QED) is 0.812. The molecule has 4 heteroatoms. The summed E-state index contributed by atoms with van der Waals surface area (Å²) in [6.07, 6.45) is 0.989. The van der Waals surface area contributed by atoms with Gasteiger partial charge in [0.2, 0.25) is 0 Å². The number of nitrogens with one attached hydrogen (secondary N) is 1. The smallest absolute Gasteiger partial charge is 0.335 e. The molecule has 4 nitrogen and oxygen atoms in total. The van der Waals surface area contributed by atoms with E-state index in [1.807, 2.05) is 30.3 Å². The van der Waals surface area contributed by atoms with Crippen LogP contribution in [0, 0.1) is 0 Å². The molecule has 110 valence electrons. The monoisotopic (exact) mass is 285 g/mol. The highest BCUT2D eigenvalue weighted by molar-refractivity contribution is 5.88. The molecule has 0 radical (unpaired) electrons. The standard InChI is InChI=1S/C17H19NO3/c1-2-10-21-16-8-6-13(7-9-16)12-18-15-5-3-4-14(11-15)17(19)20/h3-9,11,18H,2,10,12H2,1H3,(H,19,20). The Kier molecular flexibility index (Phi) is 5.21. The molecular weight excluding hydrogens is 266 g/mol. The van der Waals surface area contributed by atoms with Crippen LogP contribution in [0.25, 0.3) is 0 Å². The Bertz CT molecular complexity index is 593. The highest BCUT2D eigenvalue weighted by atomic mass is 16.5. The second-order valence-electron chi connectivity index (χ2n) is 4.73. The minimum Gasteiger partial charge on any atom is -0.494 e. The minimum absolute atomic E-state index is 0.281. The van der Waals surface area contributed by atoms with Crippen LogP contribution in [-0.4, -0.2) is 17.7 Å². The second-order valence-corrected chi connectivity index (χ2v) is 4.73. The zero-order chi connectivity index (χ0) is 15.1. The lowest BCUT2D eigenvalue weighted by Gasteiger charge is -2.09. The summed E-state index contributed by atoms with van der Waals surface area (Å²) in [7, 11) is 0. The molecule has 0 amide bonds. The van der Waals surface area contributed by atoms with Crippen LogP contribution in [0.3, 0.4) is 0 Å². The van der Waals surface area contributed by atoms with Gasteiger partial charge in [0.15, 0.2) is 0 Å². The van der Waals surface area contributed by atoms with E-state index < -0.39 is 5.97 Å². The molecule has 0 fully saturated rings. The van der Waals surface area contributed by atoms with Crippen molar-refractivity contribution in [2.45, 2.75) is 19.9 Å². The van der Waals surface area contributed by atoms with E-state index in [9.17, 15) is 4.79 Å². The van der Waals surface area contributed by atoms with Gasteiger partial charge >= 0.3 is 5.97 Å². The first-order chi connectivity index (χ1) is 10.2. The molecule has 0 aromatic heterocycles. The van der Waals surface area contributed by atoms with Crippen molar-refractivity contribution in [3.8, 4) is 5.75 Å². The molecule has 21 heavy (non-hydrogen) atoms. The first-order valence-corrected chi connectivity index (χ1v) is 6.98. The van der Waals surface area contributed by atoms with Gasteiger partial charge in [0.25, 0.3) is 0 Å². The van der Waals surface area contributed by atoms with E-state index in [4.69, 9.17) is 9.84 Å². The topological polar surface area (TPSA) is 58.6 Å². The van der Waals surface area contributed by atoms with Gasteiger partial charge in [-0.2, -0.15) is 0 Å². The Morgan fingerprint density at radius 2 is 1.95 bits per heavy atom. The summed E-state index contributed by atoms with van der Waals surface area (Å²) in [6.45, 7) is 3.43. The summed E-state index contributed by atoms with van der Waals surface area (Å²) in [5, 5.41) is 12.2. The van der Waals surface area contributed by atoms with Gasteiger partial charge in [0.05, 0.1) is 12.2 Å². The number of carboxylic acids is 1. The van der Waals surface area contributed by atoms with Crippen molar-refractivity contribution in [1.29, 1.82) is 0 Å². The third-order valence-corrected chi connectivity index (χ3v) is 3.00. The highest BCUT2D eigenvalue weighted by Crippen LogP contribution is 2.15. The maximum absolute atomic E-state index is 10.9. The van der Waals surface area contributed by atoms with Gasteiger partial charge in [0.1, 0.15) is 5.75 Å². The fraction of sp³-hybridized carbons (Fsp3) is 0.235. The van der Waals surface area contributed by atoms with Crippen molar-refractivity contribution < 1.29 is 14.6 Å². The van der Waals surface area contributed by atoms with Gasteiger partial charge < -0.3 is 15.2 Å². The van der Waals surface area contributed by atoms with Crippen LogP contribution >= 0.6 is 0 Å². The van der Waals surface area contributed by atoms with E-state index in [1.165, 1.54) is 0 Å². The molecule has 2 N–H and O–H groups in total. The number of carbonyl (C=O) groups is 1. The van der Waals surface area contributed by atoms with Crippen LogP contribution in [0.5, 0.6) is 5.75 Å². The molecule has 0 aliphatic heterocycles. The van der Waals surface area contributed by atoms with Gasteiger partial charge in [-0.3, -0.25) is 0 Å². The highest BCUT2D eigenvalue weighted by Gasteiger charge is 2.03. The average Bonchev–Trinajstić information content (AvgIpc) is 2.52. The Morgan fingerprint density at radius 1 is 1.19 bits per heavy atom. The predicted octanol–water partition coefficient (Wildman–Crippen LogP) is 3.79. The fourth-order valence-electron chi connectivity index (χ4n) is 1.89. The van der Waals surface area contributed by atoms with Gasteiger partial charge in [-0.25, -0.2) is 4.79 Å². The molecule has 0 atom stereocenters. The Morgan fingerprint density at radius 3 is 2.62 bits per heavy atom. The number of carboxylic acid groups (broad SMARTS) is 1. The molecule has 0 aliphatic rings. The SMILES string of the molecule is CCCOc1ccc(CNc2cccc(C(=O)O)c2)cc1. The Hall–Kier alpha value is -2.49. The van der Waals surface area contributed by atoms with Crippen molar-refractivity contribution in [2.75, 3.05) is 11.9 Å². The summed E-state index contributed by atoms with van der Waals surface area (Å²) < 4.78 is 5.53. The first-order valence-electron chi connectivity index (χ1n) is 6.98. The number of hydrogen-bond acceptors (Lipinski definition) is 3. The maximum atomic E-state index is 10.9. The van der Waals surface area contributed by atoms with Crippen molar-refractivity contribution >= 4 is 11.7 Å². The third-order valence-electron chi connectivity index (χ3n) is 3.00. The van der Waals surface area contributed by atoms with E-state index >= 15 is 0 Å².